The van der Waals surface area contributed by atoms with E-state index in [1.54, 1.807) is 0 Å². The van der Waals surface area contributed by atoms with Gasteiger partial charge in [0, 0.05) is 34.6 Å². The van der Waals surface area contributed by atoms with Crippen LogP contribution in [-0.4, -0.2) is 19.4 Å². The van der Waals surface area contributed by atoms with Crippen LogP contribution in [0.25, 0.3) is 10.8 Å². The molecule has 5 heteroatoms. The van der Waals surface area contributed by atoms with E-state index >= 15 is 0 Å². The van der Waals surface area contributed by atoms with Crippen LogP contribution in [0.4, 0.5) is 0 Å². The van der Waals surface area contributed by atoms with Gasteiger partial charge < -0.3 is 5.73 Å². The number of pyridine rings is 1. The number of nitrogens with two attached hydrogens (primary N) is 1. The summed E-state index contributed by atoms with van der Waals surface area (Å²) in [5.74, 6) is 0.521. The second-order valence-corrected chi connectivity index (χ2v) is 6.85. The molecule has 20 heavy (non-hydrogen) atoms. The molecule has 1 aromatic heterocycles. The highest BCUT2D eigenvalue weighted by atomic mass is 32.2. The molecule has 0 spiro atoms. The molecule has 4 nitrogen and oxygen atoms in total. The molecular formula is C15H16N2O2S. The minimum absolute atomic E-state index is 0.0337. The van der Waals surface area contributed by atoms with Crippen molar-refractivity contribution in [3.8, 4) is 0 Å². The van der Waals surface area contributed by atoms with Crippen LogP contribution in [0.2, 0.25) is 0 Å². The smallest absolute Gasteiger partial charge is 0.169 e. The molecule has 1 saturated carbocycles. The predicted molar refractivity (Wildman–Crippen MR) is 77.7 cm³/mol. The van der Waals surface area contributed by atoms with Crippen molar-refractivity contribution < 1.29 is 8.42 Å². The van der Waals surface area contributed by atoms with Gasteiger partial charge in [0.25, 0.3) is 0 Å². The zero-order valence-corrected chi connectivity index (χ0v) is 11.9. The molecule has 0 bridgehead atoms. The summed E-state index contributed by atoms with van der Waals surface area (Å²) >= 11 is 0. The Bertz CT molecular complexity index is 786. The Hall–Kier alpha value is -1.46. The van der Waals surface area contributed by atoms with Gasteiger partial charge in [-0.15, -0.1) is 0 Å². The van der Waals surface area contributed by atoms with Gasteiger partial charge in [-0.25, -0.2) is 8.42 Å². The van der Waals surface area contributed by atoms with Crippen molar-refractivity contribution in [2.24, 2.45) is 5.73 Å². The summed E-state index contributed by atoms with van der Waals surface area (Å²) in [6.07, 6.45) is 5.55. The van der Waals surface area contributed by atoms with Crippen molar-refractivity contribution >= 4 is 21.5 Å². The van der Waals surface area contributed by atoms with Gasteiger partial charge in [-0.05, 0) is 48.9 Å². The second kappa shape index (κ2) is 4.27. The van der Waals surface area contributed by atoms with Crippen LogP contribution in [0.5, 0.6) is 0 Å². The molecule has 1 heterocycles. The van der Waals surface area contributed by atoms with Gasteiger partial charge in [0.2, 0.25) is 0 Å². The maximum atomic E-state index is 11.8. The number of aromatic nitrogens is 1. The van der Waals surface area contributed by atoms with E-state index in [9.17, 15) is 8.42 Å². The number of hydrogen-bond acceptors (Lipinski definition) is 4. The Morgan fingerprint density at radius 3 is 2.70 bits per heavy atom. The Kier molecular flexibility index (Phi) is 2.62. The van der Waals surface area contributed by atoms with Crippen molar-refractivity contribution in [2.75, 3.05) is 0 Å². The number of thiol groups is 1. The van der Waals surface area contributed by atoms with Gasteiger partial charge in [0.1, 0.15) is 0 Å². The molecule has 2 aliphatic rings. The predicted octanol–water partition coefficient (Wildman–Crippen LogP) is 1.51. The Morgan fingerprint density at radius 2 is 2.00 bits per heavy atom. The Morgan fingerprint density at radius 1 is 1.20 bits per heavy atom. The summed E-state index contributed by atoms with van der Waals surface area (Å²) in [4.78, 5) is 4.96. The number of fused-ring (bicyclic) bond motifs is 2. The summed E-state index contributed by atoms with van der Waals surface area (Å²) < 4.78 is 23.5. The zero-order valence-electron chi connectivity index (χ0n) is 11.0. The summed E-state index contributed by atoms with van der Waals surface area (Å²) in [5.41, 5.74) is 9.01. The number of benzene rings is 1. The molecule has 1 unspecified atom stereocenters. The van der Waals surface area contributed by atoms with E-state index in [0.717, 1.165) is 46.9 Å². The van der Waals surface area contributed by atoms with Crippen LogP contribution in [0.1, 0.15) is 35.6 Å². The lowest BCUT2D eigenvalue weighted by molar-refractivity contribution is 0.614. The topological polar surface area (TPSA) is 73.0 Å². The van der Waals surface area contributed by atoms with Gasteiger partial charge in [0.15, 0.2) is 10.7 Å². The average Bonchev–Trinajstić information content (AvgIpc) is 3.17. The third-order valence-corrected chi connectivity index (χ3v) is 5.22. The Labute approximate surface area is 119 Å². The molecular weight excluding hydrogens is 272 g/mol. The Balaban J connectivity index is 2.04. The fourth-order valence-corrected chi connectivity index (χ4v) is 4.07. The number of hydrogen-bond donors (Lipinski definition) is 2. The molecule has 0 saturated heterocycles. The quantitative estimate of drug-likeness (QED) is 0.822. The van der Waals surface area contributed by atoms with Crippen molar-refractivity contribution in [3.05, 3.63) is 35.2 Å². The highest BCUT2D eigenvalue weighted by molar-refractivity contribution is 7.72. The summed E-state index contributed by atoms with van der Waals surface area (Å²) in [6, 6.07) is 4.06. The highest BCUT2D eigenvalue weighted by Gasteiger charge is 2.28. The van der Waals surface area contributed by atoms with Crippen LogP contribution in [0.15, 0.2) is 23.2 Å². The summed E-state index contributed by atoms with van der Waals surface area (Å²) in [7, 11) is -2.61. The first-order valence-corrected chi connectivity index (χ1v) is 8.15. The fraction of sp³-hybridized carbons (Fsp3) is 0.400. The normalized spacial score (nSPS) is 21.6. The van der Waals surface area contributed by atoms with Crippen LogP contribution in [0.3, 0.4) is 0 Å². The van der Waals surface area contributed by atoms with E-state index in [4.69, 9.17) is 5.73 Å². The minimum atomic E-state index is -2.61. The highest BCUT2D eigenvalue weighted by Crippen LogP contribution is 2.41. The monoisotopic (exact) mass is 288 g/mol. The first kappa shape index (κ1) is 12.3. The van der Waals surface area contributed by atoms with Crippen LogP contribution >= 0.6 is 0 Å². The molecule has 1 aromatic carbocycles. The molecule has 2 aromatic rings. The molecule has 0 aliphatic heterocycles. The van der Waals surface area contributed by atoms with E-state index in [2.05, 4.69) is 11.1 Å². The van der Waals surface area contributed by atoms with Crippen molar-refractivity contribution in [1.82, 2.24) is 4.98 Å². The average molecular weight is 288 g/mol. The van der Waals surface area contributed by atoms with Gasteiger partial charge in [-0.3, -0.25) is 4.98 Å². The first-order valence-electron chi connectivity index (χ1n) is 6.98. The lowest BCUT2D eigenvalue weighted by Crippen LogP contribution is -2.19. The molecule has 0 amide bonds. The van der Waals surface area contributed by atoms with Gasteiger partial charge >= 0.3 is 0 Å². The molecule has 0 radical (unpaired) electrons. The van der Waals surface area contributed by atoms with Gasteiger partial charge in [0.05, 0.1) is 4.90 Å². The molecule has 4 rings (SSSR count). The van der Waals surface area contributed by atoms with Gasteiger partial charge in [-0.2, -0.15) is 0 Å². The number of nitrogens with zero attached hydrogens (tertiary/aromatic N) is 1. The molecule has 104 valence electrons. The van der Waals surface area contributed by atoms with Crippen molar-refractivity contribution in [3.63, 3.8) is 0 Å². The second-order valence-electron chi connectivity index (χ2n) is 5.89. The zero-order chi connectivity index (χ0) is 13.9. The maximum Gasteiger partial charge on any atom is 0.169 e. The lowest BCUT2D eigenvalue weighted by atomic mass is 10.0. The van der Waals surface area contributed by atoms with Crippen molar-refractivity contribution in [2.45, 2.75) is 42.5 Å². The molecule has 2 aliphatic carbocycles. The largest absolute Gasteiger partial charge is 0.327 e. The third-order valence-electron chi connectivity index (χ3n) is 4.34. The summed E-state index contributed by atoms with van der Waals surface area (Å²) in [5, 5.41) is 1.74. The molecule has 1 fully saturated rings. The van der Waals surface area contributed by atoms with E-state index in [-0.39, 0.29) is 6.04 Å². The fourth-order valence-electron chi connectivity index (χ4n) is 3.23. The lowest BCUT2D eigenvalue weighted by Gasteiger charge is -2.09. The van der Waals surface area contributed by atoms with Gasteiger partial charge in [-0.1, -0.05) is 0 Å². The minimum Gasteiger partial charge on any atom is -0.327 e. The SMILES string of the molecule is NC1Cc2cc3cnc(C4CC4)cc3c([SH](=O)=O)c2C1. The summed E-state index contributed by atoms with van der Waals surface area (Å²) in [6.45, 7) is 0. The van der Waals surface area contributed by atoms with Crippen LogP contribution in [-0.2, 0) is 23.5 Å². The van der Waals surface area contributed by atoms with Crippen LogP contribution in [0, 0.1) is 0 Å². The standard InChI is InChI=1S/C15H16N2O2S/c16-11-4-9-3-10-7-17-14(8-1-2-8)6-13(10)15(20(18)19)12(9)5-11/h3,6-8,11,20H,1-2,4-5,16H2. The van der Waals surface area contributed by atoms with E-state index in [1.165, 1.54) is 0 Å². The number of rotatable bonds is 2. The van der Waals surface area contributed by atoms with E-state index in [1.807, 2.05) is 12.3 Å². The van der Waals surface area contributed by atoms with Crippen LogP contribution < -0.4 is 5.73 Å². The molecule has 2 N–H and O–H groups in total. The maximum absolute atomic E-state index is 11.8. The van der Waals surface area contributed by atoms with E-state index in [0.29, 0.717) is 17.2 Å². The van der Waals surface area contributed by atoms with E-state index < -0.39 is 10.7 Å². The van der Waals surface area contributed by atoms with Crippen molar-refractivity contribution in [1.29, 1.82) is 0 Å². The first-order chi connectivity index (χ1) is 9.63. The third kappa shape index (κ3) is 1.84. The molecule has 1 atom stereocenters.